The summed E-state index contributed by atoms with van der Waals surface area (Å²) in [5, 5.41) is 12.4. The summed E-state index contributed by atoms with van der Waals surface area (Å²) in [6.07, 6.45) is 1.05. The van der Waals surface area contributed by atoms with Crippen LogP contribution in [0.5, 0.6) is 0 Å². The van der Waals surface area contributed by atoms with Gasteiger partial charge in [0.25, 0.3) is 0 Å². The quantitative estimate of drug-likeness (QED) is 0.794. The summed E-state index contributed by atoms with van der Waals surface area (Å²) in [4.78, 5) is 11.4. The Morgan fingerprint density at radius 3 is 2.52 bits per heavy atom. The highest BCUT2D eigenvalue weighted by Crippen LogP contribution is 2.21. The second kappa shape index (κ2) is 8.46. The number of nitrogens with zero attached hydrogens (tertiary/aromatic N) is 4. The van der Waals surface area contributed by atoms with E-state index in [9.17, 15) is 0 Å². The highest BCUT2D eigenvalue weighted by molar-refractivity contribution is 5.49. The van der Waals surface area contributed by atoms with Gasteiger partial charge in [0.2, 0.25) is 0 Å². The molecule has 1 heterocycles. The van der Waals surface area contributed by atoms with Crippen LogP contribution in [0.4, 0.5) is 11.6 Å². The van der Waals surface area contributed by atoms with Gasteiger partial charge in [-0.1, -0.05) is 20.8 Å². The Hall–Kier alpha value is -1.83. The molecule has 0 saturated carbocycles. The van der Waals surface area contributed by atoms with E-state index in [-0.39, 0.29) is 11.8 Å². The summed E-state index contributed by atoms with van der Waals surface area (Å²) in [6.45, 7) is 12.8. The van der Waals surface area contributed by atoms with Crippen LogP contribution in [0.15, 0.2) is 6.07 Å². The molecule has 0 saturated heterocycles. The van der Waals surface area contributed by atoms with E-state index >= 15 is 0 Å². The molecular weight excluding hydrogens is 262 g/mol. The van der Waals surface area contributed by atoms with Crippen molar-refractivity contribution in [2.24, 2.45) is 5.92 Å². The maximum absolute atomic E-state index is 9.02. The fraction of sp³-hybridized carbons (Fsp3) is 0.688. The molecule has 5 nitrogen and oxygen atoms in total. The summed E-state index contributed by atoms with van der Waals surface area (Å²) in [6, 6.07) is 4.27. The molecule has 5 heteroatoms. The first-order valence-electron chi connectivity index (χ1n) is 7.79. The predicted molar refractivity (Wildman–Crippen MR) is 87.6 cm³/mol. The Bertz CT molecular complexity index is 478. The van der Waals surface area contributed by atoms with E-state index in [1.807, 2.05) is 13.0 Å². The Balaban J connectivity index is 3.07. The number of hydrogen-bond donors (Lipinski definition) is 1. The number of anilines is 2. The number of nitriles is 1. The van der Waals surface area contributed by atoms with Gasteiger partial charge < -0.3 is 10.2 Å². The van der Waals surface area contributed by atoms with Crippen molar-refractivity contribution in [2.75, 3.05) is 29.9 Å². The van der Waals surface area contributed by atoms with Crippen LogP contribution in [0.25, 0.3) is 0 Å². The van der Waals surface area contributed by atoms with Gasteiger partial charge in [-0.15, -0.1) is 0 Å². The third-order valence-corrected chi connectivity index (χ3v) is 3.22. The van der Waals surface area contributed by atoms with Crippen LogP contribution >= 0.6 is 0 Å². The maximum atomic E-state index is 9.02. The minimum atomic E-state index is -0.0190. The molecule has 0 fully saturated rings. The van der Waals surface area contributed by atoms with Gasteiger partial charge in [0, 0.05) is 31.6 Å². The van der Waals surface area contributed by atoms with Crippen molar-refractivity contribution < 1.29 is 0 Å². The lowest BCUT2D eigenvalue weighted by Crippen LogP contribution is -2.29. The summed E-state index contributed by atoms with van der Waals surface area (Å²) in [5.41, 5.74) is 0. The van der Waals surface area contributed by atoms with Gasteiger partial charge in [-0.05, 0) is 20.3 Å². The molecule has 1 rings (SSSR count). The zero-order chi connectivity index (χ0) is 15.8. The molecular formula is C16H27N5. The zero-order valence-corrected chi connectivity index (χ0v) is 13.8. The van der Waals surface area contributed by atoms with Crippen LogP contribution in [0.3, 0.4) is 0 Å². The summed E-state index contributed by atoms with van der Waals surface area (Å²) in [7, 11) is 0. The van der Waals surface area contributed by atoms with Crippen molar-refractivity contribution in [3.8, 4) is 6.07 Å². The topological polar surface area (TPSA) is 64.8 Å². The largest absolute Gasteiger partial charge is 0.370 e. The minimum Gasteiger partial charge on any atom is -0.370 e. The van der Waals surface area contributed by atoms with E-state index in [1.165, 1.54) is 0 Å². The predicted octanol–water partition coefficient (Wildman–Crippen LogP) is 3.41. The minimum absolute atomic E-state index is 0.0190. The van der Waals surface area contributed by atoms with Gasteiger partial charge in [-0.25, -0.2) is 9.97 Å². The monoisotopic (exact) mass is 289 g/mol. The van der Waals surface area contributed by atoms with Crippen molar-refractivity contribution >= 4 is 11.6 Å². The first kappa shape index (κ1) is 17.2. The fourth-order valence-electron chi connectivity index (χ4n) is 1.97. The molecule has 0 amide bonds. The van der Waals surface area contributed by atoms with Crippen molar-refractivity contribution in [1.82, 2.24) is 9.97 Å². The lowest BCUT2D eigenvalue weighted by molar-refractivity contribution is 0.671. The van der Waals surface area contributed by atoms with Crippen molar-refractivity contribution in [1.29, 1.82) is 5.26 Å². The zero-order valence-electron chi connectivity index (χ0n) is 13.8. The molecule has 1 aromatic heterocycles. The highest BCUT2D eigenvalue weighted by Gasteiger charge is 2.14. The molecule has 1 unspecified atom stereocenters. The molecule has 0 spiro atoms. The first-order valence-corrected chi connectivity index (χ1v) is 7.79. The molecule has 1 aromatic rings. The molecule has 0 aliphatic heterocycles. The van der Waals surface area contributed by atoms with E-state index in [1.54, 1.807) is 0 Å². The molecule has 0 bridgehead atoms. The van der Waals surface area contributed by atoms with Crippen LogP contribution in [0, 0.1) is 17.2 Å². The average Bonchev–Trinajstić information content (AvgIpc) is 2.49. The van der Waals surface area contributed by atoms with Crippen molar-refractivity contribution in [3.63, 3.8) is 0 Å². The number of nitrogens with one attached hydrogen (secondary N) is 1. The van der Waals surface area contributed by atoms with Gasteiger partial charge in [0.15, 0.2) is 0 Å². The van der Waals surface area contributed by atoms with E-state index < -0.39 is 0 Å². The molecule has 1 atom stereocenters. The third kappa shape index (κ3) is 5.22. The molecule has 0 aliphatic carbocycles. The second-order valence-electron chi connectivity index (χ2n) is 5.62. The van der Waals surface area contributed by atoms with Crippen molar-refractivity contribution in [3.05, 3.63) is 11.9 Å². The average molecular weight is 289 g/mol. The summed E-state index contributed by atoms with van der Waals surface area (Å²) >= 11 is 0. The van der Waals surface area contributed by atoms with Gasteiger partial charge in [-0.3, -0.25) is 0 Å². The Morgan fingerprint density at radius 1 is 1.29 bits per heavy atom. The molecule has 1 N–H and O–H groups in total. The van der Waals surface area contributed by atoms with Crippen LogP contribution in [0.2, 0.25) is 0 Å². The lowest BCUT2D eigenvalue weighted by atomic mass is 10.2. The fourth-order valence-corrected chi connectivity index (χ4v) is 1.97. The summed E-state index contributed by atoms with van der Waals surface area (Å²) in [5.74, 6) is 2.87. The molecule has 116 valence electrons. The van der Waals surface area contributed by atoms with Crippen LogP contribution in [0.1, 0.15) is 52.8 Å². The van der Waals surface area contributed by atoms with E-state index in [0.29, 0.717) is 6.54 Å². The number of aromatic nitrogens is 2. The Morgan fingerprint density at radius 2 is 2.00 bits per heavy atom. The smallest absolute Gasteiger partial charge is 0.135 e. The van der Waals surface area contributed by atoms with Gasteiger partial charge in [0.05, 0.1) is 12.0 Å². The van der Waals surface area contributed by atoms with Gasteiger partial charge in [-0.2, -0.15) is 5.26 Å². The second-order valence-corrected chi connectivity index (χ2v) is 5.62. The van der Waals surface area contributed by atoms with Gasteiger partial charge in [0.1, 0.15) is 17.5 Å². The maximum Gasteiger partial charge on any atom is 0.135 e. The van der Waals surface area contributed by atoms with E-state index in [4.69, 9.17) is 5.26 Å². The molecule has 0 radical (unpaired) electrons. The molecule has 21 heavy (non-hydrogen) atoms. The summed E-state index contributed by atoms with van der Waals surface area (Å²) < 4.78 is 0. The standard InChI is InChI=1S/C16H27N5/c1-6-8-18-14-9-15(20-16(19-14)12(3)4)21(7-2)11-13(5)10-17/h9,12-13H,6-8,11H2,1-5H3,(H,18,19,20). The van der Waals surface area contributed by atoms with Gasteiger partial charge >= 0.3 is 0 Å². The van der Waals surface area contributed by atoms with Crippen LogP contribution in [-0.2, 0) is 0 Å². The van der Waals surface area contributed by atoms with E-state index in [2.05, 4.69) is 53.9 Å². The first-order chi connectivity index (χ1) is 10.0. The van der Waals surface area contributed by atoms with Crippen molar-refractivity contribution in [2.45, 2.75) is 47.0 Å². The Labute approximate surface area is 128 Å². The molecule has 0 aromatic carbocycles. The normalized spacial score (nSPS) is 12.0. The Kier molecular flexibility index (Phi) is 6.93. The number of hydrogen-bond acceptors (Lipinski definition) is 5. The third-order valence-electron chi connectivity index (χ3n) is 3.22. The van der Waals surface area contributed by atoms with Crippen LogP contribution in [-0.4, -0.2) is 29.6 Å². The molecule has 0 aliphatic rings. The highest BCUT2D eigenvalue weighted by atomic mass is 15.2. The van der Waals surface area contributed by atoms with E-state index in [0.717, 1.165) is 37.0 Å². The SMILES string of the molecule is CCCNc1cc(N(CC)CC(C)C#N)nc(C(C)C)n1. The van der Waals surface area contributed by atoms with Crippen LogP contribution < -0.4 is 10.2 Å². The lowest BCUT2D eigenvalue weighted by Gasteiger charge is -2.24. The number of rotatable bonds is 8.